The highest BCUT2D eigenvalue weighted by molar-refractivity contribution is 4.58. The van der Waals surface area contributed by atoms with Gasteiger partial charge in [0.15, 0.2) is 0 Å². The van der Waals surface area contributed by atoms with Gasteiger partial charge >= 0.3 is 0 Å². The van der Waals surface area contributed by atoms with Crippen molar-refractivity contribution >= 4 is 0 Å². The average Bonchev–Trinajstić information content (AvgIpc) is 2.83. The fourth-order valence-electron chi connectivity index (χ4n) is 0.673. The minimum Gasteiger partial charge on any atom is -0.396 e. The van der Waals surface area contributed by atoms with Crippen molar-refractivity contribution in [3.63, 3.8) is 0 Å². The molecule has 74 valence electrons. The molecule has 1 heterocycles. The molecule has 0 aromatic heterocycles. The van der Waals surface area contributed by atoms with Gasteiger partial charge in [-0.15, -0.1) is 0 Å². The fraction of sp³-hybridized carbons (Fsp3) is 1.00. The highest BCUT2D eigenvalue weighted by atomic mass is 16.6. The molecule has 3 heteroatoms. The van der Waals surface area contributed by atoms with Crippen LogP contribution in [0.1, 0.15) is 32.6 Å². The molecule has 0 amide bonds. The Balaban J connectivity index is 0.000000247. The van der Waals surface area contributed by atoms with E-state index < -0.39 is 0 Å². The van der Waals surface area contributed by atoms with Crippen molar-refractivity contribution < 1.29 is 14.9 Å². The average molecular weight is 176 g/mol. The third-order valence-corrected chi connectivity index (χ3v) is 1.57. The Hall–Kier alpha value is -0.120. The monoisotopic (exact) mass is 176 g/mol. The number of ether oxygens (including phenoxy) is 1. The van der Waals surface area contributed by atoms with E-state index in [4.69, 9.17) is 14.9 Å². The van der Waals surface area contributed by atoms with Gasteiger partial charge in [0.1, 0.15) is 0 Å². The Kier molecular flexibility index (Phi) is 8.88. The molecule has 12 heavy (non-hydrogen) atoms. The molecule has 0 bridgehead atoms. The van der Waals surface area contributed by atoms with Crippen LogP contribution in [0.25, 0.3) is 0 Å². The standard InChI is InChI=1S/C6H14O2.C3H6O/c7-5-3-1-2-4-6-8;1-3-2-4-3/h7-8H,1-6H2;3H,2H2,1H3. The van der Waals surface area contributed by atoms with Gasteiger partial charge in [0.25, 0.3) is 0 Å². The molecule has 0 aromatic rings. The molecular weight excluding hydrogens is 156 g/mol. The van der Waals surface area contributed by atoms with Crippen molar-refractivity contribution in [1.29, 1.82) is 0 Å². The molecule has 1 aliphatic rings. The van der Waals surface area contributed by atoms with Gasteiger partial charge in [-0.25, -0.2) is 0 Å². The van der Waals surface area contributed by atoms with E-state index >= 15 is 0 Å². The SMILES string of the molecule is CC1CO1.OCCCCCCO. The first kappa shape index (κ1) is 11.9. The molecule has 2 N–H and O–H groups in total. The van der Waals surface area contributed by atoms with Crippen molar-refractivity contribution in [2.45, 2.75) is 38.7 Å². The first-order valence-corrected chi connectivity index (χ1v) is 4.64. The highest BCUT2D eigenvalue weighted by Gasteiger charge is 2.13. The lowest BCUT2D eigenvalue weighted by atomic mass is 10.2. The molecular formula is C9H20O3. The van der Waals surface area contributed by atoms with Crippen LogP contribution < -0.4 is 0 Å². The molecule has 3 nitrogen and oxygen atoms in total. The van der Waals surface area contributed by atoms with E-state index in [0.29, 0.717) is 6.10 Å². The van der Waals surface area contributed by atoms with E-state index in [1.165, 1.54) is 0 Å². The van der Waals surface area contributed by atoms with Crippen molar-refractivity contribution in [2.24, 2.45) is 0 Å². The molecule has 0 aliphatic carbocycles. The Morgan fingerprint density at radius 3 is 1.58 bits per heavy atom. The Labute approximate surface area is 74.4 Å². The minimum atomic E-state index is 0.283. The second-order valence-electron chi connectivity index (χ2n) is 3.01. The van der Waals surface area contributed by atoms with Crippen LogP contribution in [0.4, 0.5) is 0 Å². The summed E-state index contributed by atoms with van der Waals surface area (Å²) >= 11 is 0. The summed E-state index contributed by atoms with van der Waals surface area (Å²) in [5.74, 6) is 0. The molecule has 0 spiro atoms. The van der Waals surface area contributed by atoms with Gasteiger partial charge in [-0.1, -0.05) is 12.8 Å². The number of epoxide rings is 1. The van der Waals surface area contributed by atoms with Gasteiger partial charge in [-0.3, -0.25) is 0 Å². The topological polar surface area (TPSA) is 53.0 Å². The van der Waals surface area contributed by atoms with Crippen LogP contribution in [0.3, 0.4) is 0 Å². The maximum Gasteiger partial charge on any atom is 0.0781 e. The molecule has 1 unspecified atom stereocenters. The third kappa shape index (κ3) is 12.5. The van der Waals surface area contributed by atoms with Crippen LogP contribution in [-0.2, 0) is 4.74 Å². The van der Waals surface area contributed by atoms with E-state index in [2.05, 4.69) is 6.92 Å². The second kappa shape index (κ2) is 8.97. The zero-order valence-electron chi connectivity index (χ0n) is 7.83. The predicted molar refractivity (Wildman–Crippen MR) is 48.1 cm³/mol. The number of unbranched alkanes of at least 4 members (excludes halogenated alkanes) is 3. The van der Waals surface area contributed by atoms with Gasteiger partial charge in [0, 0.05) is 13.2 Å². The van der Waals surface area contributed by atoms with E-state index in [1.807, 2.05) is 0 Å². The quantitative estimate of drug-likeness (QED) is 0.484. The summed E-state index contributed by atoms with van der Waals surface area (Å²) < 4.78 is 4.71. The van der Waals surface area contributed by atoms with E-state index in [0.717, 1.165) is 32.3 Å². The number of hydrogen-bond acceptors (Lipinski definition) is 3. The molecule has 0 saturated carbocycles. The second-order valence-corrected chi connectivity index (χ2v) is 3.01. The zero-order valence-corrected chi connectivity index (χ0v) is 7.83. The third-order valence-electron chi connectivity index (χ3n) is 1.57. The number of hydrogen-bond donors (Lipinski definition) is 2. The van der Waals surface area contributed by atoms with Crippen molar-refractivity contribution in [1.82, 2.24) is 0 Å². The summed E-state index contributed by atoms with van der Waals surface area (Å²) in [5, 5.41) is 16.6. The number of aliphatic hydroxyl groups is 2. The van der Waals surface area contributed by atoms with E-state index in [1.54, 1.807) is 0 Å². The molecule has 0 aromatic carbocycles. The summed E-state index contributed by atoms with van der Waals surface area (Å²) in [6.45, 7) is 3.61. The van der Waals surface area contributed by atoms with E-state index in [9.17, 15) is 0 Å². The zero-order chi connectivity index (χ0) is 9.23. The van der Waals surface area contributed by atoms with Crippen molar-refractivity contribution in [3.8, 4) is 0 Å². The molecule has 1 rings (SSSR count). The lowest BCUT2D eigenvalue weighted by molar-refractivity contribution is 0.265. The highest BCUT2D eigenvalue weighted by Crippen LogP contribution is 2.04. The van der Waals surface area contributed by atoms with Crippen molar-refractivity contribution in [3.05, 3.63) is 0 Å². The lowest BCUT2D eigenvalue weighted by Gasteiger charge is -1.93. The lowest BCUT2D eigenvalue weighted by Crippen LogP contribution is -1.85. The van der Waals surface area contributed by atoms with Crippen LogP contribution in [0.15, 0.2) is 0 Å². The fourth-order valence-corrected chi connectivity index (χ4v) is 0.673. The first-order chi connectivity index (χ1) is 5.81. The van der Waals surface area contributed by atoms with Crippen molar-refractivity contribution in [2.75, 3.05) is 19.8 Å². The Bertz CT molecular complexity index is 75.8. The molecule has 0 radical (unpaired) electrons. The largest absolute Gasteiger partial charge is 0.396 e. The number of rotatable bonds is 5. The maximum absolute atomic E-state index is 8.30. The Morgan fingerprint density at radius 1 is 1.08 bits per heavy atom. The molecule has 1 aliphatic heterocycles. The van der Waals surface area contributed by atoms with E-state index in [-0.39, 0.29) is 13.2 Å². The summed E-state index contributed by atoms with van der Waals surface area (Å²) in [6.07, 6.45) is 4.41. The van der Waals surface area contributed by atoms with Gasteiger partial charge in [-0.05, 0) is 19.8 Å². The maximum atomic E-state index is 8.30. The smallest absolute Gasteiger partial charge is 0.0781 e. The first-order valence-electron chi connectivity index (χ1n) is 4.64. The number of aliphatic hydroxyl groups excluding tert-OH is 2. The summed E-state index contributed by atoms with van der Waals surface area (Å²) in [7, 11) is 0. The summed E-state index contributed by atoms with van der Waals surface area (Å²) in [6, 6.07) is 0. The van der Waals surface area contributed by atoms with Gasteiger partial charge in [0.2, 0.25) is 0 Å². The normalized spacial score (nSPS) is 19.8. The molecule has 1 saturated heterocycles. The van der Waals surface area contributed by atoms with Crippen LogP contribution in [0.5, 0.6) is 0 Å². The predicted octanol–water partition coefficient (Wildman–Crippen LogP) is 0.936. The molecule has 1 fully saturated rings. The molecule has 1 atom stereocenters. The van der Waals surface area contributed by atoms with Gasteiger partial charge in [0.05, 0.1) is 12.7 Å². The van der Waals surface area contributed by atoms with Crippen LogP contribution in [0.2, 0.25) is 0 Å². The minimum absolute atomic E-state index is 0.283. The Morgan fingerprint density at radius 2 is 1.42 bits per heavy atom. The van der Waals surface area contributed by atoms with Gasteiger partial charge < -0.3 is 14.9 Å². The van der Waals surface area contributed by atoms with Crippen LogP contribution >= 0.6 is 0 Å². The van der Waals surface area contributed by atoms with Crippen LogP contribution in [0, 0.1) is 0 Å². The summed E-state index contributed by atoms with van der Waals surface area (Å²) in [4.78, 5) is 0. The van der Waals surface area contributed by atoms with Gasteiger partial charge in [-0.2, -0.15) is 0 Å². The summed E-state index contributed by atoms with van der Waals surface area (Å²) in [5.41, 5.74) is 0. The van der Waals surface area contributed by atoms with Crippen LogP contribution in [-0.4, -0.2) is 36.1 Å².